The molecule has 194 valence electrons. The minimum atomic E-state index is -0.895. The third-order valence-electron chi connectivity index (χ3n) is 8.00. The van der Waals surface area contributed by atoms with Gasteiger partial charge < -0.3 is 9.47 Å². The second kappa shape index (κ2) is 14.3. The lowest BCUT2D eigenvalue weighted by Gasteiger charge is -2.43. The fraction of sp³-hybridized carbons (Fsp3) is 0.857. The predicted octanol–water partition coefficient (Wildman–Crippen LogP) is 7.41. The number of carbonyl (C=O) groups is 2. The van der Waals surface area contributed by atoms with E-state index in [0.29, 0.717) is 38.5 Å². The van der Waals surface area contributed by atoms with Gasteiger partial charge in [-0.15, -0.1) is 0 Å². The number of nitriles is 2. The van der Waals surface area contributed by atoms with Gasteiger partial charge in [0, 0.05) is 0 Å². The summed E-state index contributed by atoms with van der Waals surface area (Å²) in [6.45, 7) is 15.6. The first-order valence-electron chi connectivity index (χ1n) is 13.2. The Hall–Kier alpha value is -2.08. The Labute approximate surface area is 208 Å². The van der Waals surface area contributed by atoms with Crippen LogP contribution in [0.1, 0.15) is 132 Å². The van der Waals surface area contributed by atoms with Gasteiger partial charge in [0.25, 0.3) is 0 Å². The third kappa shape index (κ3) is 7.21. The zero-order chi connectivity index (χ0) is 26.5. The van der Waals surface area contributed by atoms with E-state index < -0.39 is 34.0 Å². The summed E-state index contributed by atoms with van der Waals surface area (Å²) in [7, 11) is 0. The van der Waals surface area contributed by atoms with Crippen LogP contribution in [0, 0.1) is 33.5 Å². The van der Waals surface area contributed by atoms with Gasteiger partial charge in [-0.3, -0.25) is 9.59 Å². The van der Waals surface area contributed by atoms with Crippen LogP contribution in [0.5, 0.6) is 0 Å². The van der Waals surface area contributed by atoms with Crippen molar-refractivity contribution in [2.75, 3.05) is 0 Å². The van der Waals surface area contributed by atoms with Crippen molar-refractivity contribution >= 4 is 11.9 Å². The standard InChI is InChI=1S/C28H48N2O4/c1-9-15-19-25(7,21-29)27(11-3,12-4)33-23(31)17-18-24(32)34-28(13-5,14-6)26(8,22-30)20-16-10-2/h9-20H2,1-8H3. The number of hydrogen-bond acceptors (Lipinski definition) is 6. The molecule has 0 aliphatic heterocycles. The van der Waals surface area contributed by atoms with Gasteiger partial charge in [0.2, 0.25) is 0 Å². The van der Waals surface area contributed by atoms with E-state index in [9.17, 15) is 20.1 Å². The quantitative estimate of drug-likeness (QED) is 0.203. The molecule has 2 atom stereocenters. The lowest BCUT2D eigenvalue weighted by Crippen LogP contribution is -2.49. The van der Waals surface area contributed by atoms with Gasteiger partial charge in [0.15, 0.2) is 0 Å². The Morgan fingerprint density at radius 3 is 1.15 bits per heavy atom. The van der Waals surface area contributed by atoms with Gasteiger partial charge >= 0.3 is 11.9 Å². The summed E-state index contributed by atoms with van der Waals surface area (Å²) in [5.74, 6) is -0.988. The van der Waals surface area contributed by atoms with Crippen molar-refractivity contribution in [2.45, 2.75) is 144 Å². The first-order chi connectivity index (χ1) is 16.0. The fourth-order valence-corrected chi connectivity index (χ4v) is 5.15. The van der Waals surface area contributed by atoms with Crippen LogP contribution in [0.4, 0.5) is 0 Å². The number of hydrogen-bond donors (Lipinski definition) is 0. The van der Waals surface area contributed by atoms with Crippen molar-refractivity contribution < 1.29 is 19.1 Å². The maximum absolute atomic E-state index is 12.8. The zero-order valence-corrected chi connectivity index (χ0v) is 23.0. The molecule has 2 unspecified atom stereocenters. The lowest BCUT2D eigenvalue weighted by molar-refractivity contribution is -0.180. The average Bonchev–Trinajstić information content (AvgIpc) is 2.86. The molecule has 0 N–H and O–H groups in total. The molecule has 0 saturated heterocycles. The molecule has 0 heterocycles. The molecule has 0 spiro atoms. The van der Waals surface area contributed by atoms with Gasteiger partial charge in [-0.1, -0.05) is 67.2 Å². The van der Waals surface area contributed by atoms with Crippen LogP contribution in [-0.4, -0.2) is 23.1 Å². The van der Waals surface area contributed by atoms with E-state index in [1.165, 1.54) is 0 Å². The lowest BCUT2D eigenvalue weighted by atomic mass is 9.68. The predicted molar refractivity (Wildman–Crippen MR) is 135 cm³/mol. The molecule has 6 nitrogen and oxygen atoms in total. The molecule has 6 heteroatoms. The van der Waals surface area contributed by atoms with Crippen LogP contribution in [-0.2, 0) is 19.1 Å². The maximum atomic E-state index is 12.8. The minimum absolute atomic E-state index is 0.113. The highest BCUT2D eigenvalue weighted by Gasteiger charge is 2.50. The molecule has 0 amide bonds. The summed E-state index contributed by atoms with van der Waals surface area (Å²) in [5, 5.41) is 19.9. The molecular weight excluding hydrogens is 428 g/mol. The summed E-state index contributed by atoms with van der Waals surface area (Å²) in [4.78, 5) is 25.6. The molecule has 0 saturated carbocycles. The summed E-state index contributed by atoms with van der Waals surface area (Å²) < 4.78 is 11.9. The van der Waals surface area contributed by atoms with Crippen molar-refractivity contribution in [1.29, 1.82) is 10.5 Å². The Bertz CT molecular complexity index is 666. The summed E-state index contributed by atoms with van der Waals surface area (Å²) >= 11 is 0. The average molecular weight is 477 g/mol. The van der Waals surface area contributed by atoms with E-state index in [4.69, 9.17) is 9.47 Å². The van der Waals surface area contributed by atoms with E-state index in [2.05, 4.69) is 26.0 Å². The molecule has 34 heavy (non-hydrogen) atoms. The molecule has 0 aromatic carbocycles. The van der Waals surface area contributed by atoms with Crippen LogP contribution in [0.25, 0.3) is 0 Å². The first kappa shape index (κ1) is 31.9. The highest BCUT2D eigenvalue weighted by atomic mass is 16.6. The Balaban J connectivity index is 5.47. The highest BCUT2D eigenvalue weighted by molar-refractivity contribution is 5.78. The fourth-order valence-electron chi connectivity index (χ4n) is 5.15. The van der Waals surface area contributed by atoms with E-state index in [1.807, 2.05) is 41.5 Å². The van der Waals surface area contributed by atoms with Crippen molar-refractivity contribution in [2.24, 2.45) is 10.8 Å². The van der Waals surface area contributed by atoms with Crippen LogP contribution in [0.3, 0.4) is 0 Å². The first-order valence-corrected chi connectivity index (χ1v) is 13.2. The topological polar surface area (TPSA) is 100 Å². The minimum Gasteiger partial charge on any atom is -0.457 e. The van der Waals surface area contributed by atoms with E-state index in [0.717, 1.165) is 25.7 Å². The molecule has 0 aromatic heterocycles. The zero-order valence-electron chi connectivity index (χ0n) is 23.0. The van der Waals surface area contributed by atoms with Gasteiger partial charge in [0.05, 0.1) is 35.8 Å². The smallest absolute Gasteiger partial charge is 0.306 e. The van der Waals surface area contributed by atoms with Gasteiger partial charge in [0.1, 0.15) is 11.2 Å². The second-order valence-corrected chi connectivity index (χ2v) is 9.95. The van der Waals surface area contributed by atoms with E-state index in [-0.39, 0.29) is 12.8 Å². The Kier molecular flexibility index (Phi) is 13.5. The van der Waals surface area contributed by atoms with E-state index >= 15 is 0 Å². The van der Waals surface area contributed by atoms with Crippen molar-refractivity contribution in [3.63, 3.8) is 0 Å². The maximum Gasteiger partial charge on any atom is 0.306 e. The summed E-state index contributed by atoms with van der Waals surface area (Å²) in [5.41, 5.74) is -3.38. The molecule has 0 radical (unpaired) electrons. The van der Waals surface area contributed by atoms with Crippen LogP contribution >= 0.6 is 0 Å². The van der Waals surface area contributed by atoms with Crippen molar-refractivity contribution in [3.05, 3.63) is 0 Å². The molecule has 0 aliphatic rings. The Morgan fingerprint density at radius 1 is 0.647 bits per heavy atom. The largest absolute Gasteiger partial charge is 0.457 e. The number of rotatable bonds is 17. The van der Waals surface area contributed by atoms with Crippen LogP contribution in [0.2, 0.25) is 0 Å². The second-order valence-electron chi connectivity index (χ2n) is 9.95. The molecule has 0 aliphatic carbocycles. The number of ether oxygens (including phenoxy) is 2. The number of nitrogens with zero attached hydrogens (tertiary/aromatic N) is 2. The number of carbonyl (C=O) groups excluding carboxylic acids is 2. The van der Waals surface area contributed by atoms with Crippen molar-refractivity contribution in [1.82, 2.24) is 0 Å². The number of esters is 2. The van der Waals surface area contributed by atoms with Gasteiger partial charge in [-0.25, -0.2) is 0 Å². The SMILES string of the molecule is CCCCC(C)(C#N)C(CC)(CC)OC(=O)CCC(=O)OC(CC)(CC)C(C)(C#N)CCCC. The van der Waals surface area contributed by atoms with Gasteiger partial charge in [-0.05, 0) is 52.4 Å². The number of unbranched alkanes of at least 4 members (excludes halogenated alkanes) is 2. The molecule has 0 aromatic rings. The summed E-state index contributed by atoms with van der Waals surface area (Å²) in [6.07, 6.45) is 6.85. The molecule has 0 fully saturated rings. The monoisotopic (exact) mass is 476 g/mol. The van der Waals surface area contributed by atoms with Gasteiger partial charge in [-0.2, -0.15) is 10.5 Å². The molecular formula is C28H48N2O4. The Morgan fingerprint density at radius 2 is 0.941 bits per heavy atom. The van der Waals surface area contributed by atoms with Crippen molar-refractivity contribution in [3.8, 4) is 12.1 Å². The molecule has 0 bridgehead atoms. The van der Waals surface area contributed by atoms with Crippen LogP contribution in [0.15, 0.2) is 0 Å². The highest BCUT2D eigenvalue weighted by Crippen LogP contribution is 2.45. The normalized spacial score (nSPS) is 15.4. The van der Waals surface area contributed by atoms with Crippen LogP contribution < -0.4 is 0 Å². The third-order valence-corrected chi connectivity index (χ3v) is 8.00. The molecule has 0 rings (SSSR count). The van der Waals surface area contributed by atoms with E-state index in [1.54, 1.807) is 0 Å². The summed E-state index contributed by atoms with van der Waals surface area (Å²) in [6, 6.07) is 4.83.